The Morgan fingerprint density at radius 1 is 1.27 bits per heavy atom. The molecule has 0 aromatic rings. The van der Waals surface area contributed by atoms with E-state index < -0.39 is 0 Å². The van der Waals surface area contributed by atoms with Crippen LogP contribution in [0, 0.1) is 0 Å². The van der Waals surface area contributed by atoms with E-state index in [1.807, 2.05) is 0 Å². The van der Waals surface area contributed by atoms with E-state index >= 15 is 0 Å². The first kappa shape index (κ1) is 12.1. The summed E-state index contributed by atoms with van der Waals surface area (Å²) in [5.41, 5.74) is 1.32. The van der Waals surface area contributed by atoms with E-state index in [0.717, 1.165) is 6.42 Å². The van der Waals surface area contributed by atoms with Gasteiger partial charge in [0.1, 0.15) is 0 Å². The second-order valence-electron chi connectivity index (χ2n) is 4.02. The quantitative estimate of drug-likeness (QED) is 0.528. The van der Waals surface area contributed by atoms with E-state index in [-0.39, 0.29) is 5.97 Å². The zero-order valence-corrected chi connectivity index (χ0v) is 9.79. The van der Waals surface area contributed by atoms with Crippen molar-refractivity contribution >= 4 is 5.97 Å². The van der Waals surface area contributed by atoms with Crippen LogP contribution in [0.4, 0.5) is 0 Å². The van der Waals surface area contributed by atoms with Gasteiger partial charge in [-0.05, 0) is 26.2 Å². The van der Waals surface area contributed by atoms with Crippen LogP contribution in [-0.2, 0) is 9.53 Å². The third kappa shape index (κ3) is 4.86. The second-order valence-corrected chi connectivity index (χ2v) is 4.02. The second kappa shape index (κ2) is 6.49. The molecule has 1 aliphatic heterocycles. The van der Waals surface area contributed by atoms with E-state index in [1.165, 1.54) is 45.0 Å². The maximum atomic E-state index is 10.5. The number of likely N-dealkylation sites (tertiary alicyclic amines) is 1. The number of piperidine rings is 1. The molecule has 15 heavy (non-hydrogen) atoms. The van der Waals surface area contributed by atoms with Crippen molar-refractivity contribution in [2.45, 2.75) is 39.5 Å². The number of ether oxygens (including phenoxy) is 1. The summed E-state index contributed by atoms with van der Waals surface area (Å²) in [6.07, 6.45) is 6.94. The molecule has 0 unspecified atom stereocenters. The van der Waals surface area contributed by atoms with Crippen molar-refractivity contribution in [3.8, 4) is 0 Å². The average molecular weight is 211 g/mol. The SMILES string of the molecule is CC(=O)OCCC=C(C)N1CCCCC1. The first-order chi connectivity index (χ1) is 7.20. The van der Waals surface area contributed by atoms with Gasteiger partial charge in [-0.15, -0.1) is 0 Å². The van der Waals surface area contributed by atoms with Crippen LogP contribution in [0.25, 0.3) is 0 Å². The molecule has 0 N–H and O–H groups in total. The molecule has 0 bridgehead atoms. The lowest BCUT2D eigenvalue weighted by Crippen LogP contribution is -2.27. The average Bonchev–Trinajstić information content (AvgIpc) is 2.25. The number of hydrogen-bond donors (Lipinski definition) is 0. The number of hydrogen-bond acceptors (Lipinski definition) is 3. The maximum Gasteiger partial charge on any atom is 0.302 e. The fourth-order valence-electron chi connectivity index (χ4n) is 1.85. The molecule has 0 saturated carbocycles. The van der Waals surface area contributed by atoms with Gasteiger partial charge in [0.2, 0.25) is 0 Å². The first-order valence-corrected chi connectivity index (χ1v) is 5.75. The molecule has 86 valence electrons. The Hall–Kier alpha value is -0.990. The standard InChI is InChI=1S/C12H21NO2/c1-11(7-6-10-15-12(2)14)13-8-4-3-5-9-13/h7H,3-6,8-10H2,1-2H3. The molecule has 0 aliphatic carbocycles. The maximum absolute atomic E-state index is 10.5. The van der Waals surface area contributed by atoms with Gasteiger partial charge in [-0.1, -0.05) is 6.08 Å². The van der Waals surface area contributed by atoms with Gasteiger partial charge in [0.05, 0.1) is 6.61 Å². The van der Waals surface area contributed by atoms with Crippen molar-refractivity contribution in [3.05, 3.63) is 11.8 Å². The van der Waals surface area contributed by atoms with Gasteiger partial charge in [0, 0.05) is 32.1 Å². The third-order valence-corrected chi connectivity index (χ3v) is 2.72. The third-order valence-electron chi connectivity index (χ3n) is 2.72. The predicted molar refractivity (Wildman–Crippen MR) is 60.4 cm³/mol. The number of esters is 1. The van der Waals surface area contributed by atoms with Crippen molar-refractivity contribution in [2.24, 2.45) is 0 Å². The molecule has 0 atom stereocenters. The molecule has 0 radical (unpaired) electrons. The molecule has 1 aliphatic rings. The Bertz CT molecular complexity index is 230. The minimum Gasteiger partial charge on any atom is -0.466 e. The molecule has 0 aromatic heterocycles. The van der Waals surface area contributed by atoms with E-state index in [4.69, 9.17) is 4.74 Å². The lowest BCUT2D eigenvalue weighted by Gasteiger charge is -2.29. The van der Waals surface area contributed by atoms with Crippen molar-refractivity contribution < 1.29 is 9.53 Å². The Balaban J connectivity index is 2.22. The van der Waals surface area contributed by atoms with Crippen LogP contribution in [0.5, 0.6) is 0 Å². The summed E-state index contributed by atoms with van der Waals surface area (Å²) in [4.78, 5) is 13.0. The van der Waals surface area contributed by atoms with Crippen molar-refractivity contribution in [3.63, 3.8) is 0 Å². The molecule has 1 rings (SSSR count). The Morgan fingerprint density at radius 3 is 2.53 bits per heavy atom. The molecule has 1 heterocycles. The molecule has 3 nitrogen and oxygen atoms in total. The van der Waals surface area contributed by atoms with Crippen LogP contribution >= 0.6 is 0 Å². The first-order valence-electron chi connectivity index (χ1n) is 5.75. The van der Waals surface area contributed by atoms with Crippen LogP contribution in [-0.4, -0.2) is 30.6 Å². The highest BCUT2D eigenvalue weighted by Crippen LogP contribution is 2.14. The van der Waals surface area contributed by atoms with E-state index in [2.05, 4.69) is 17.9 Å². The summed E-state index contributed by atoms with van der Waals surface area (Å²) >= 11 is 0. The molecule has 3 heteroatoms. The minimum atomic E-state index is -0.195. The molecule has 0 spiro atoms. The minimum absolute atomic E-state index is 0.195. The topological polar surface area (TPSA) is 29.5 Å². The van der Waals surface area contributed by atoms with Crippen molar-refractivity contribution in [1.82, 2.24) is 4.90 Å². The highest BCUT2D eigenvalue weighted by molar-refractivity contribution is 5.65. The van der Waals surface area contributed by atoms with Crippen LogP contribution in [0.1, 0.15) is 39.5 Å². The summed E-state index contributed by atoms with van der Waals surface area (Å²) in [5.74, 6) is -0.195. The summed E-state index contributed by atoms with van der Waals surface area (Å²) in [7, 11) is 0. The number of carbonyl (C=O) groups excluding carboxylic acids is 1. The monoisotopic (exact) mass is 211 g/mol. The smallest absolute Gasteiger partial charge is 0.302 e. The van der Waals surface area contributed by atoms with Gasteiger partial charge >= 0.3 is 5.97 Å². The lowest BCUT2D eigenvalue weighted by molar-refractivity contribution is -0.140. The van der Waals surface area contributed by atoms with Crippen LogP contribution < -0.4 is 0 Å². The largest absolute Gasteiger partial charge is 0.466 e. The summed E-state index contributed by atoms with van der Waals surface area (Å²) in [5, 5.41) is 0. The van der Waals surface area contributed by atoms with Gasteiger partial charge in [-0.2, -0.15) is 0 Å². The van der Waals surface area contributed by atoms with Gasteiger partial charge in [-0.25, -0.2) is 0 Å². The van der Waals surface area contributed by atoms with Crippen molar-refractivity contribution in [1.29, 1.82) is 0 Å². The summed E-state index contributed by atoms with van der Waals surface area (Å²) < 4.78 is 4.88. The van der Waals surface area contributed by atoms with E-state index in [9.17, 15) is 4.79 Å². The number of allylic oxidation sites excluding steroid dienone is 1. The Labute approximate surface area is 92.1 Å². The van der Waals surface area contributed by atoms with Crippen molar-refractivity contribution in [2.75, 3.05) is 19.7 Å². The van der Waals surface area contributed by atoms with Gasteiger partial charge < -0.3 is 9.64 Å². The zero-order chi connectivity index (χ0) is 11.1. The van der Waals surface area contributed by atoms with Crippen LogP contribution in [0.3, 0.4) is 0 Å². The predicted octanol–water partition coefficient (Wildman–Crippen LogP) is 2.33. The fourth-order valence-corrected chi connectivity index (χ4v) is 1.85. The molecule has 0 amide bonds. The number of carbonyl (C=O) groups is 1. The van der Waals surface area contributed by atoms with E-state index in [1.54, 1.807) is 0 Å². The number of nitrogens with zero attached hydrogens (tertiary/aromatic N) is 1. The highest BCUT2D eigenvalue weighted by atomic mass is 16.5. The molecule has 1 saturated heterocycles. The van der Waals surface area contributed by atoms with Gasteiger partial charge in [0.15, 0.2) is 0 Å². The molecule has 0 aromatic carbocycles. The Kier molecular flexibility index (Phi) is 5.22. The normalized spacial score (nSPS) is 17.7. The van der Waals surface area contributed by atoms with Gasteiger partial charge in [0.25, 0.3) is 0 Å². The molecule has 1 fully saturated rings. The lowest BCUT2D eigenvalue weighted by atomic mass is 10.1. The zero-order valence-electron chi connectivity index (χ0n) is 9.79. The fraction of sp³-hybridized carbons (Fsp3) is 0.750. The van der Waals surface area contributed by atoms with E-state index in [0.29, 0.717) is 6.61 Å². The molecular formula is C12H21NO2. The number of rotatable bonds is 4. The van der Waals surface area contributed by atoms with Gasteiger partial charge in [-0.3, -0.25) is 4.79 Å². The van der Waals surface area contributed by atoms with Crippen LogP contribution in [0.15, 0.2) is 11.8 Å². The summed E-state index contributed by atoms with van der Waals surface area (Å²) in [6.45, 7) is 6.44. The van der Waals surface area contributed by atoms with Crippen LogP contribution in [0.2, 0.25) is 0 Å². The highest BCUT2D eigenvalue weighted by Gasteiger charge is 2.09. The summed E-state index contributed by atoms with van der Waals surface area (Å²) in [6, 6.07) is 0. The molecular weight excluding hydrogens is 190 g/mol. The Morgan fingerprint density at radius 2 is 1.93 bits per heavy atom.